The van der Waals surface area contributed by atoms with Crippen molar-refractivity contribution < 1.29 is 19.8 Å². The molecule has 0 spiro atoms. The maximum atomic E-state index is 11.1. The molecule has 1 aromatic carbocycles. The molecule has 0 saturated heterocycles. The van der Waals surface area contributed by atoms with Crippen molar-refractivity contribution in [3.05, 3.63) is 29.8 Å². The summed E-state index contributed by atoms with van der Waals surface area (Å²) in [5.74, 6) is -1.20. The lowest BCUT2D eigenvalue weighted by Crippen LogP contribution is -2.48. The van der Waals surface area contributed by atoms with Crippen molar-refractivity contribution in [1.29, 1.82) is 0 Å². The van der Waals surface area contributed by atoms with Crippen molar-refractivity contribution in [3.63, 3.8) is 0 Å². The molecular weight excluding hydrogens is 196 g/mol. The number of rotatable bonds is 2. The summed E-state index contributed by atoms with van der Waals surface area (Å²) in [6.07, 6.45) is -0.0557. The maximum Gasteiger partial charge on any atom is 0.315 e. The van der Waals surface area contributed by atoms with E-state index < -0.39 is 11.4 Å². The van der Waals surface area contributed by atoms with Crippen LogP contribution in [0.5, 0.6) is 5.75 Å². The van der Waals surface area contributed by atoms with E-state index in [9.17, 15) is 14.7 Å². The summed E-state index contributed by atoms with van der Waals surface area (Å²) in [4.78, 5) is 22.1. The van der Waals surface area contributed by atoms with Gasteiger partial charge in [-0.3, -0.25) is 9.59 Å². The first-order valence-corrected chi connectivity index (χ1v) is 4.60. The van der Waals surface area contributed by atoms with Crippen molar-refractivity contribution in [2.75, 3.05) is 0 Å². The summed E-state index contributed by atoms with van der Waals surface area (Å²) in [6.45, 7) is 0. The molecule has 0 amide bonds. The third kappa shape index (κ3) is 1.29. The maximum absolute atomic E-state index is 11.1. The first-order chi connectivity index (χ1) is 7.06. The Hall–Kier alpha value is -1.84. The molecule has 15 heavy (non-hydrogen) atoms. The summed E-state index contributed by atoms with van der Waals surface area (Å²) in [5, 5.41) is 18.7. The van der Waals surface area contributed by atoms with Crippen LogP contribution < -0.4 is 0 Å². The van der Waals surface area contributed by atoms with Gasteiger partial charge < -0.3 is 10.2 Å². The number of hydrogen-bond acceptors (Lipinski definition) is 3. The van der Waals surface area contributed by atoms with Gasteiger partial charge in [-0.1, -0.05) is 18.2 Å². The highest BCUT2D eigenvalue weighted by Gasteiger charge is 2.52. The Balaban J connectivity index is 2.48. The Morgan fingerprint density at radius 2 is 1.87 bits per heavy atom. The van der Waals surface area contributed by atoms with Gasteiger partial charge in [0, 0.05) is 18.4 Å². The van der Waals surface area contributed by atoms with Crippen molar-refractivity contribution in [2.24, 2.45) is 0 Å². The minimum absolute atomic E-state index is 0.0279. The minimum Gasteiger partial charge on any atom is -0.508 e. The number of ketones is 1. The molecule has 4 heteroatoms. The van der Waals surface area contributed by atoms with Crippen molar-refractivity contribution >= 4 is 11.8 Å². The van der Waals surface area contributed by atoms with Gasteiger partial charge in [-0.2, -0.15) is 0 Å². The van der Waals surface area contributed by atoms with Crippen LogP contribution in [0.2, 0.25) is 0 Å². The fraction of sp³-hybridized carbons (Fsp3) is 0.273. The Bertz CT molecular complexity index is 428. The van der Waals surface area contributed by atoms with Gasteiger partial charge >= 0.3 is 5.97 Å². The van der Waals surface area contributed by atoms with Crippen molar-refractivity contribution in [3.8, 4) is 5.75 Å². The van der Waals surface area contributed by atoms with Crippen LogP contribution in [0, 0.1) is 0 Å². The lowest BCUT2D eigenvalue weighted by atomic mass is 9.63. The number of carbonyl (C=O) groups is 2. The third-order valence-electron chi connectivity index (χ3n) is 2.83. The molecule has 2 rings (SSSR count). The van der Waals surface area contributed by atoms with Crippen LogP contribution in [0.15, 0.2) is 24.3 Å². The molecule has 0 heterocycles. The number of carboxylic acid groups (broad SMARTS) is 1. The van der Waals surface area contributed by atoms with Crippen LogP contribution in [0.25, 0.3) is 0 Å². The SMILES string of the molecule is O=C1CC(C(=O)O)(c2ccccc2O)C1. The topological polar surface area (TPSA) is 74.6 Å². The molecule has 1 saturated carbocycles. The number of carboxylic acids is 1. The minimum atomic E-state index is -1.21. The zero-order valence-electron chi connectivity index (χ0n) is 7.93. The van der Waals surface area contributed by atoms with Crippen LogP contribution in [0.4, 0.5) is 0 Å². The normalized spacial score (nSPS) is 18.3. The highest BCUT2D eigenvalue weighted by molar-refractivity contribution is 6.01. The molecule has 2 N–H and O–H groups in total. The van der Waals surface area contributed by atoms with Crippen molar-refractivity contribution in [1.82, 2.24) is 0 Å². The third-order valence-corrected chi connectivity index (χ3v) is 2.83. The van der Waals surface area contributed by atoms with Gasteiger partial charge in [0.1, 0.15) is 16.9 Å². The smallest absolute Gasteiger partial charge is 0.315 e. The van der Waals surface area contributed by atoms with Crippen LogP contribution in [-0.4, -0.2) is 22.0 Å². The highest BCUT2D eigenvalue weighted by Crippen LogP contribution is 2.44. The predicted molar refractivity (Wildman–Crippen MR) is 51.7 cm³/mol. The number of hydrogen-bond donors (Lipinski definition) is 2. The van der Waals surface area contributed by atoms with Gasteiger partial charge in [0.25, 0.3) is 0 Å². The number of phenols is 1. The number of benzene rings is 1. The molecular formula is C11H10O4. The number of aliphatic carboxylic acids is 1. The van der Waals surface area contributed by atoms with E-state index in [0.29, 0.717) is 5.56 Å². The van der Waals surface area contributed by atoms with Gasteiger partial charge in [0.2, 0.25) is 0 Å². The first-order valence-electron chi connectivity index (χ1n) is 4.60. The Labute approximate surface area is 86.2 Å². The van der Waals surface area contributed by atoms with Crippen molar-refractivity contribution in [2.45, 2.75) is 18.3 Å². The van der Waals surface area contributed by atoms with E-state index in [1.54, 1.807) is 18.2 Å². The average Bonchev–Trinajstić information content (AvgIpc) is 2.13. The Morgan fingerprint density at radius 1 is 1.27 bits per heavy atom. The predicted octanol–water partition coefficient (Wildman–Crippen LogP) is 1.08. The van der Waals surface area contributed by atoms with Gasteiger partial charge in [-0.25, -0.2) is 0 Å². The van der Waals surface area contributed by atoms with Gasteiger partial charge in [0.05, 0.1) is 0 Å². The summed E-state index contributed by atoms with van der Waals surface area (Å²) in [6, 6.07) is 6.26. The summed E-state index contributed by atoms with van der Waals surface area (Å²) < 4.78 is 0. The largest absolute Gasteiger partial charge is 0.508 e. The average molecular weight is 206 g/mol. The zero-order valence-corrected chi connectivity index (χ0v) is 7.93. The second-order valence-corrected chi connectivity index (χ2v) is 3.80. The van der Waals surface area contributed by atoms with Crippen LogP contribution in [0.3, 0.4) is 0 Å². The van der Waals surface area contributed by atoms with Gasteiger partial charge in [-0.05, 0) is 6.07 Å². The summed E-state index contributed by atoms with van der Waals surface area (Å²) in [5.41, 5.74) is -0.875. The van der Waals surface area contributed by atoms with Crippen LogP contribution in [-0.2, 0) is 15.0 Å². The molecule has 1 aliphatic carbocycles. The number of phenolic OH excluding ortho intramolecular Hbond substituents is 1. The summed E-state index contributed by atoms with van der Waals surface area (Å²) >= 11 is 0. The van der Waals surface area contributed by atoms with E-state index in [1.807, 2.05) is 0 Å². The summed E-state index contributed by atoms with van der Waals surface area (Å²) in [7, 11) is 0. The highest BCUT2D eigenvalue weighted by atomic mass is 16.4. The molecule has 78 valence electrons. The second-order valence-electron chi connectivity index (χ2n) is 3.80. The quantitative estimate of drug-likeness (QED) is 0.759. The first kappa shape index (κ1) is 9.71. The number of carbonyl (C=O) groups excluding carboxylic acids is 1. The molecule has 1 fully saturated rings. The molecule has 0 bridgehead atoms. The van der Waals surface area contributed by atoms with E-state index in [-0.39, 0.29) is 24.4 Å². The number of aromatic hydroxyl groups is 1. The molecule has 4 nitrogen and oxygen atoms in total. The monoisotopic (exact) mass is 206 g/mol. The number of Topliss-reactive ketones (excluding diaryl/α,β-unsaturated/α-hetero) is 1. The molecule has 0 atom stereocenters. The molecule has 0 radical (unpaired) electrons. The van der Waals surface area contributed by atoms with Gasteiger partial charge in [-0.15, -0.1) is 0 Å². The van der Waals surface area contributed by atoms with E-state index in [0.717, 1.165) is 0 Å². The van der Waals surface area contributed by atoms with E-state index in [1.165, 1.54) is 6.07 Å². The molecule has 0 aromatic heterocycles. The Kier molecular flexibility index (Phi) is 2.00. The molecule has 1 aromatic rings. The number of para-hydroxylation sites is 1. The van der Waals surface area contributed by atoms with Crippen LogP contribution in [0.1, 0.15) is 18.4 Å². The fourth-order valence-electron chi connectivity index (χ4n) is 1.96. The van der Waals surface area contributed by atoms with E-state index >= 15 is 0 Å². The second kappa shape index (κ2) is 3.08. The van der Waals surface area contributed by atoms with E-state index in [2.05, 4.69) is 0 Å². The zero-order chi connectivity index (χ0) is 11.1. The molecule has 1 aliphatic rings. The Morgan fingerprint density at radius 3 is 2.33 bits per heavy atom. The molecule has 0 aliphatic heterocycles. The van der Waals surface area contributed by atoms with E-state index in [4.69, 9.17) is 5.11 Å². The van der Waals surface area contributed by atoms with Crippen LogP contribution >= 0.6 is 0 Å². The lowest BCUT2D eigenvalue weighted by molar-refractivity contribution is -0.153. The lowest BCUT2D eigenvalue weighted by Gasteiger charge is -2.36. The fourth-order valence-corrected chi connectivity index (χ4v) is 1.96. The standard InChI is InChI=1S/C11H10O4/c12-7-5-11(6-7,10(14)15)8-3-1-2-4-9(8)13/h1-4,13H,5-6H2,(H,14,15). The van der Waals surface area contributed by atoms with Gasteiger partial charge in [0.15, 0.2) is 0 Å². The molecule has 0 unspecified atom stereocenters.